The van der Waals surface area contributed by atoms with Crippen LogP contribution >= 0.6 is 11.3 Å². The fourth-order valence-electron chi connectivity index (χ4n) is 1.98. The summed E-state index contributed by atoms with van der Waals surface area (Å²) < 4.78 is 5.60. The highest BCUT2D eigenvalue weighted by Gasteiger charge is 2.30. The van der Waals surface area contributed by atoms with Crippen molar-refractivity contribution < 1.29 is 9.84 Å². The van der Waals surface area contributed by atoms with Crippen LogP contribution in [0.3, 0.4) is 0 Å². The molecule has 1 heterocycles. The summed E-state index contributed by atoms with van der Waals surface area (Å²) in [5, 5.41) is 10.8. The molecule has 1 unspecified atom stereocenters. The molecule has 0 saturated heterocycles. The summed E-state index contributed by atoms with van der Waals surface area (Å²) in [6.07, 6.45) is 0. The molecule has 1 aromatic carbocycles. The van der Waals surface area contributed by atoms with E-state index in [1.165, 1.54) is 4.88 Å². The fourth-order valence-corrected chi connectivity index (χ4v) is 2.91. The molecule has 0 aliphatic carbocycles. The fraction of sp³-hybridized carbons (Fsp3) is 0.333. The van der Waals surface area contributed by atoms with Gasteiger partial charge in [0.1, 0.15) is 11.4 Å². The van der Waals surface area contributed by atoms with Crippen LogP contribution in [0.25, 0.3) is 0 Å². The Hall–Kier alpha value is -1.32. The maximum atomic E-state index is 10.8. The SMILES string of the molecule is CCOc1ccccc1C(C)(O)c1ccc(C)s1. The smallest absolute Gasteiger partial charge is 0.125 e. The summed E-state index contributed by atoms with van der Waals surface area (Å²) in [6.45, 7) is 6.40. The van der Waals surface area contributed by atoms with Gasteiger partial charge in [-0.1, -0.05) is 18.2 Å². The molecular formula is C15H18O2S. The standard InChI is InChI=1S/C15H18O2S/c1-4-17-13-8-6-5-7-12(13)15(3,16)14-10-9-11(2)18-14/h5-10,16H,4H2,1-3H3. The van der Waals surface area contributed by atoms with Crippen molar-refractivity contribution in [2.45, 2.75) is 26.4 Å². The minimum absolute atomic E-state index is 0.594. The third-order valence-corrected chi connectivity index (χ3v) is 4.14. The first kappa shape index (κ1) is 13.1. The van der Waals surface area contributed by atoms with E-state index in [-0.39, 0.29) is 0 Å². The Balaban J connectivity index is 2.46. The number of thiophene rings is 1. The van der Waals surface area contributed by atoms with Gasteiger partial charge in [0.25, 0.3) is 0 Å². The molecule has 2 aromatic rings. The molecule has 0 aliphatic rings. The van der Waals surface area contributed by atoms with Crippen LogP contribution in [0.2, 0.25) is 0 Å². The maximum absolute atomic E-state index is 10.8. The Morgan fingerprint density at radius 1 is 1.22 bits per heavy atom. The normalized spacial score (nSPS) is 14.2. The quantitative estimate of drug-likeness (QED) is 0.910. The van der Waals surface area contributed by atoms with Crippen LogP contribution in [0.5, 0.6) is 5.75 Å². The number of aliphatic hydroxyl groups is 1. The van der Waals surface area contributed by atoms with Gasteiger partial charge >= 0.3 is 0 Å². The maximum Gasteiger partial charge on any atom is 0.125 e. The monoisotopic (exact) mass is 262 g/mol. The van der Waals surface area contributed by atoms with Crippen LogP contribution < -0.4 is 4.74 Å². The first-order valence-electron chi connectivity index (χ1n) is 6.07. The van der Waals surface area contributed by atoms with Crippen LogP contribution in [0, 0.1) is 6.92 Å². The van der Waals surface area contributed by atoms with E-state index in [2.05, 4.69) is 0 Å². The zero-order valence-corrected chi connectivity index (χ0v) is 11.8. The molecule has 1 aromatic heterocycles. The van der Waals surface area contributed by atoms with Gasteiger partial charge in [-0.15, -0.1) is 11.3 Å². The van der Waals surface area contributed by atoms with Crippen molar-refractivity contribution in [2.75, 3.05) is 6.61 Å². The number of benzene rings is 1. The van der Waals surface area contributed by atoms with Gasteiger partial charge in [0.2, 0.25) is 0 Å². The Morgan fingerprint density at radius 3 is 2.56 bits per heavy atom. The van der Waals surface area contributed by atoms with Gasteiger partial charge in [0.15, 0.2) is 0 Å². The van der Waals surface area contributed by atoms with E-state index in [0.29, 0.717) is 6.61 Å². The van der Waals surface area contributed by atoms with Gasteiger partial charge in [0.05, 0.1) is 6.61 Å². The Bertz CT molecular complexity index is 529. The number of ether oxygens (including phenoxy) is 1. The predicted octanol–water partition coefficient (Wildman–Crippen LogP) is 3.71. The van der Waals surface area contributed by atoms with Crippen LogP contribution in [-0.2, 0) is 5.60 Å². The highest BCUT2D eigenvalue weighted by molar-refractivity contribution is 7.12. The van der Waals surface area contributed by atoms with Gasteiger partial charge < -0.3 is 9.84 Å². The highest BCUT2D eigenvalue weighted by atomic mass is 32.1. The summed E-state index contributed by atoms with van der Waals surface area (Å²) >= 11 is 1.61. The van der Waals surface area contributed by atoms with Crippen LogP contribution in [-0.4, -0.2) is 11.7 Å². The highest BCUT2D eigenvalue weighted by Crippen LogP contribution is 2.38. The van der Waals surface area contributed by atoms with Gasteiger partial charge in [0, 0.05) is 15.3 Å². The number of hydrogen-bond acceptors (Lipinski definition) is 3. The van der Waals surface area contributed by atoms with Gasteiger partial charge in [-0.3, -0.25) is 0 Å². The van der Waals surface area contributed by atoms with Gasteiger partial charge in [-0.25, -0.2) is 0 Å². The molecular weight excluding hydrogens is 244 g/mol. The second-order valence-electron chi connectivity index (χ2n) is 4.41. The molecule has 2 rings (SSSR count). The second kappa shape index (κ2) is 5.12. The molecule has 0 aliphatic heterocycles. The summed E-state index contributed by atoms with van der Waals surface area (Å²) in [4.78, 5) is 2.13. The number of para-hydroxylation sites is 1. The Labute approximate surface area is 112 Å². The summed E-state index contributed by atoms with van der Waals surface area (Å²) in [7, 11) is 0. The zero-order valence-electron chi connectivity index (χ0n) is 10.9. The molecule has 0 radical (unpaired) electrons. The van der Waals surface area contributed by atoms with Crippen LogP contribution in [0.1, 0.15) is 29.2 Å². The Morgan fingerprint density at radius 2 is 1.94 bits per heavy atom. The van der Waals surface area contributed by atoms with Crippen molar-refractivity contribution in [3.63, 3.8) is 0 Å². The molecule has 18 heavy (non-hydrogen) atoms. The summed E-state index contributed by atoms with van der Waals surface area (Å²) in [6, 6.07) is 11.7. The molecule has 0 amide bonds. The zero-order chi connectivity index (χ0) is 13.2. The van der Waals surface area contributed by atoms with Crippen molar-refractivity contribution in [2.24, 2.45) is 0 Å². The predicted molar refractivity (Wildman–Crippen MR) is 75.3 cm³/mol. The third-order valence-electron chi connectivity index (χ3n) is 2.93. The van der Waals surface area contributed by atoms with E-state index in [1.807, 2.05) is 57.2 Å². The molecule has 0 spiro atoms. The number of rotatable bonds is 4. The van der Waals surface area contributed by atoms with Gasteiger partial charge in [-0.2, -0.15) is 0 Å². The minimum Gasteiger partial charge on any atom is -0.493 e. The lowest BCUT2D eigenvalue weighted by molar-refractivity contribution is 0.102. The van der Waals surface area contributed by atoms with E-state index in [4.69, 9.17) is 4.74 Å². The van der Waals surface area contributed by atoms with E-state index in [9.17, 15) is 5.11 Å². The summed E-state index contributed by atoms with van der Waals surface area (Å²) in [5.41, 5.74) is -0.196. The minimum atomic E-state index is -1.01. The van der Waals surface area contributed by atoms with Gasteiger partial charge in [-0.05, 0) is 39.0 Å². The van der Waals surface area contributed by atoms with E-state index in [1.54, 1.807) is 11.3 Å². The van der Waals surface area contributed by atoms with Crippen LogP contribution in [0.4, 0.5) is 0 Å². The molecule has 0 fully saturated rings. The molecule has 1 N–H and O–H groups in total. The number of aryl methyl sites for hydroxylation is 1. The Kier molecular flexibility index (Phi) is 3.73. The molecule has 3 heteroatoms. The molecule has 0 saturated carbocycles. The van der Waals surface area contributed by atoms with Crippen LogP contribution in [0.15, 0.2) is 36.4 Å². The lowest BCUT2D eigenvalue weighted by Crippen LogP contribution is -2.22. The second-order valence-corrected chi connectivity index (χ2v) is 5.70. The summed E-state index contributed by atoms with van der Waals surface area (Å²) in [5.74, 6) is 0.746. The molecule has 0 bridgehead atoms. The van der Waals surface area contributed by atoms with Crippen molar-refractivity contribution >= 4 is 11.3 Å². The first-order valence-corrected chi connectivity index (χ1v) is 6.89. The molecule has 2 nitrogen and oxygen atoms in total. The average Bonchev–Trinajstić information content (AvgIpc) is 2.78. The lowest BCUT2D eigenvalue weighted by Gasteiger charge is -2.25. The third kappa shape index (κ3) is 2.42. The van der Waals surface area contributed by atoms with Crippen molar-refractivity contribution in [3.8, 4) is 5.75 Å². The molecule has 1 atom stereocenters. The number of hydrogen-bond donors (Lipinski definition) is 1. The van der Waals surface area contributed by atoms with E-state index >= 15 is 0 Å². The van der Waals surface area contributed by atoms with Crippen molar-refractivity contribution in [1.29, 1.82) is 0 Å². The van der Waals surface area contributed by atoms with Crippen molar-refractivity contribution in [1.82, 2.24) is 0 Å². The van der Waals surface area contributed by atoms with E-state index in [0.717, 1.165) is 16.2 Å². The van der Waals surface area contributed by atoms with Crippen molar-refractivity contribution in [3.05, 3.63) is 51.7 Å². The first-order chi connectivity index (χ1) is 8.55. The topological polar surface area (TPSA) is 29.5 Å². The van der Waals surface area contributed by atoms with E-state index < -0.39 is 5.60 Å². The lowest BCUT2D eigenvalue weighted by atomic mass is 9.93. The molecule has 96 valence electrons. The largest absolute Gasteiger partial charge is 0.493 e. The average molecular weight is 262 g/mol.